The van der Waals surface area contributed by atoms with Crippen molar-refractivity contribution >= 4 is 5.91 Å². The lowest BCUT2D eigenvalue weighted by Gasteiger charge is -2.31. The first-order valence-electron chi connectivity index (χ1n) is 11.9. The minimum Gasteiger partial charge on any atom is -0.494 e. The average Bonchev–Trinajstić information content (AvgIpc) is 2.82. The van der Waals surface area contributed by atoms with Gasteiger partial charge in [-0.2, -0.15) is 0 Å². The van der Waals surface area contributed by atoms with Gasteiger partial charge in [0.2, 0.25) is 5.91 Å². The maximum absolute atomic E-state index is 12.9. The van der Waals surface area contributed by atoms with E-state index in [0.717, 1.165) is 56.9 Å². The molecule has 6 heteroatoms. The quantitative estimate of drug-likeness (QED) is 0.768. The Bertz CT molecular complexity index is 888. The molecule has 2 aromatic rings. The first-order chi connectivity index (χ1) is 15.7. The van der Waals surface area contributed by atoms with Crippen molar-refractivity contribution in [3.05, 3.63) is 59.7 Å². The summed E-state index contributed by atoms with van der Waals surface area (Å²) in [7, 11) is 0. The largest absolute Gasteiger partial charge is 0.494 e. The second-order valence-corrected chi connectivity index (χ2v) is 8.58. The number of nitrogens with one attached hydrogen (secondary N) is 2. The van der Waals surface area contributed by atoms with E-state index in [9.17, 15) is 4.79 Å². The molecule has 2 N–H and O–H groups in total. The molecule has 1 fully saturated rings. The van der Waals surface area contributed by atoms with Gasteiger partial charge in [-0.15, -0.1) is 0 Å². The van der Waals surface area contributed by atoms with Gasteiger partial charge >= 0.3 is 0 Å². The molecule has 172 valence electrons. The third-order valence-corrected chi connectivity index (χ3v) is 6.35. The van der Waals surface area contributed by atoms with Crippen LogP contribution in [0.1, 0.15) is 43.2 Å². The zero-order valence-corrected chi connectivity index (χ0v) is 19.0. The number of rotatable bonds is 4. The van der Waals surface area contributed by atoms with Crippen molar-refractivity contribution in [1.82, 2.24) is 15.5 Å². The lowest BCUT2D eigenvalue weighted by Crippen LogP contribution is -2.49. The maximum Gasteiger partial charge on any atom is 0.237 e. The Morgan fingerprint density at radius 2 is 1.94 bits per heavy atom. The van der Waals surface area contributed by atoms with Crippen LogP contribution in [0.15, 0.2) is 48.5 Å². The van der Waals surface area contributed by atoms with E-state index in [2.05, 4.69) is 45.9 Å². The summed E-state index contributed by atoms with van der Waals surface area (Å²) in [5.74, 6) is 2.34. The number of hydrogen-bond acceptors (Lipinski definition) is 5. The van der Waals surface area contributed by atoms with Gasteiger partial charge in [-0.05, 0) is 56.3 Å². The molecule has 0 unspecified atom stereocenters. The van der Waals surface area contributed by atoms with Crippen LogP contribution < -0.4 is 20.1 Å². The first kappa shape index (κ1) is 22.6. The molecule has 0 aliphatic carbocycles. The van der Waals surface area contributed by atoms with E-state index in [0.29, 0.717) is 25.7 Å². The van der Waals surface area contributed by atoms with E-state index >= 15 is 0 Å². The number of hydrogen-bond donors (Lipinski definition) is 2. The zero-order valence-electron chi connectivity index (χ0n) is 19.0. The van der Waals surface area contributed by atoms with Crippen molar-refractivity contribution < 1.29 is 14.3 Å². The van der Waals surface area contributed by atoms with Crippen molar-refractivity contribution in [1.29, 1.82) is 0 Å². The molecule has 6 nitrogen and oxygen atoms in total. The van der Waals surface area contributed by atoms with Crippen LogP contribution in [0.5, 0.6) is 11.5 Å². The van der Waals surface area contributed by atoms with Gasteiger partial charge < -0.3 is 20.1 Å². The molecule has 0 saturated carbocycles. The molecule has 2 bridgehead atoms. The fourth-order valence-corrected chi connectivity index (χ4v) is 4.72. The van der Waals surface area contributed by atoms with Crippen LogP contribution in [0.25, 0.3) is 0 Å². The van der Waals surface area contributed by atoms with E-state index in [1.54, 1.807) is 0 Å². The smallest absolute Gasteiger partial charge is 0.237 e. The summed E-state index contributed by atoms with van der Waals surface area (Å²) in [6.45, 7) is 7.28. The van der Waals surface area contributed by atoms with Gasteiger partial charge in [0, 0.05) is 31.7 Å². The lowest BCUT2D eigenvalue weighted by atomic mass is 9.85. The van der Waals surface area contributed by atoms with Gasteiger partial charge in [-0.3, -0.25) is 9.69 Å². The molecule has 0 aromatic heterocycles. The van der Waals surface area contributed by atoms with Crippen LogP contribution in [0, 0.1) is 0 Å². The highest BCUT2D eigenvalue weighted by Gasteiger charge is 2.29. The molecule has 1 saturated heterocycles. The van der Waals surface area contributed by atoms with Crippen LogP contribution in [0.4, 0.5) is 0 Å². The highest BCUT2D eigenvalue weighted by atomic mass is 16.5. The summed E-state index contributed by atoms with van der Waals surface area (Å²) < 4.78 is 12.1. The van der Waals surface area contributed by atoms with E-state index in [1.165, 1.54) is 11.1 Å². The number of benzene rings is 2. The SMILES string of the molecule is CCOc1ccccc1CN1CCCOc2ccccc2[C@H]2CCN[C@H](C2)C(=O)NCC1. The van der Waals surface area contributed by atoms with Gasteiger partial charge in [0.1, 0.15) is 11.5 Å². The van der Waals surface area contributed by atoms with E-state index in [1.807, 2.05) is 25.1 Å². The number of fused-ring (bicyclic) bond motifs is 4. The Morgan fingerprint density at radius 3 is 2.84 bits per heavy atom. The zero-order chi connectivity index (χ0) is 22.2. The average molecular weight is 438 g/mol. The topological polar surface area (TPSA) is 62.8 Å². The lowest BCUT2D eigenvalue weighted by molar-refractivity contribution is -0.123. The van der Waals surface area contributed by atoms with Gasteiger partial charge in [-0.1, -0.05) is 36.4 Å². The summed E-state index contributed by atoms with van der Waals surface area (Å²) in [5, 5.41) is 6.57. The number of nitrogens with zero attached hydrogens (tertiary/aromatic N) is 1. The molecule has 1 amide bonds. The predicted molar refractivity (Wildman–Crippen MR) is 126 cm³/mol. The minimum absolute atomic E-state index is 0.0971. The highest BCUT2D eigenvalue weighted by molar-refractivity contribution is 5.82. The summed E-state index contributed by atoms with van der Waals surface area (Å²) >= 11 is 0. The number of piperidine rings is 1. The Hall–Kier alpha value is -2.57. The number of ether oxygens (including phenoxy) is 2. The molecular weight excluding hydrogens is 402 g/mol. The van der Waals surface area contributed by atoms with Crippen LogP contribution in [0.3, 0.4) is 0 Å². The molecular formula is C26H35N3O3. The number of carbonyl (C=O) groups is 1. The second-order valence-electron chi connectivity index (χ2n) is 8.58. The molecule has 2 aliphatic heterocycles. The van der Waals surface area contributed by atoms with Crippen molar-refractivity contribution in [2.45, 2.75) is 44.7 Å². The summed E-state index contributed by atoms with van der Waals surface area (Å²) in [4.78, 5) is 15.2. The van der Waals surface area contributed by atoms with Crippen LogP contribution in [0.2, 0.25) is 0 Å². The number of para-hydroxylation sites is 2. The Balaban J connectivity index is 1.49. The van der Waals surface area contributed by atoms with Crippen molar-refractivity contribution in [3.63, 3.8) is 0 Å². The van der Waals surface area contributed by atoms with Crippen molar-refractivity contribution in [3.8, 4) is 11.5 Å². The summed E-state index contributed by atoms with van der Waals surface area (Å²) in [6, 6.07) is 16.4. The normalized spacial score (nSPS) is 22.7. The van der Waals surface area contributed by atoms with Gasteiger partial charge in [0.15, 0.2) is 0 Å². The standard InChI is InChI=1S/C26H35N3O3/c1-2-31-24-10-5-3-8-21(24)19-29-15-7-17-32-25-11-6-4-9-22(25)20-12-13-27-23(18-20)26(30)28-14-16-29/h3-6,8-11,20,23,27H,2,7,12-19H2,1H3,(H,28,30)/t20-,23+/m0/s1. The highest BCUT2D eigenvalue weighted by Crippen LogP contribution is 2.34. The van der Waals surface area contributed by atoms with Gasteiger partial charge in [0.25, 0.3) is 0 Å². The Labute approximate surface area is 191 Å². The van der Waals surface area contributed by atoms with Crippen LogP contribution in [-0.4, -0.2) is 56.2 Å². The predicted octanol–water partition coefficient (Wildman–Crippen LogP) is 3.32. The fraction of sp³-hybridized carbons (Fsp3) is 0.500. The number of carbonyl (C=O) groups excluding carboxylic acids is 1. The molecule has 2 aromatic carbocycles. The second kappa shape index (κ2) is 11.3. The molecule has 2 heterocycles. The molecule has 0 radical (unpaired) electrons. The minimum atomic E-state index is -0.156. The maximum atomic E-state index is 12.9. The molecule has 2 atom stereocenters. The van der Waals surface area contributed by atoms with Gasteiger partial charge in [0.05, 0.1) is 19.3 Å². The third kappa shape index (κ3) is 5.81. The Kier molecular flexibility index (Phi) is 8.02. The molecule has 4 rings (SSSR count). The summed E-state index contributed by atoms with van der Waals surface area (Å²) in [5.41, 5.74) is 2.40. The monoisotopic (exact) mass is 437 g/mol. The molecule has 32 heavy (non-hydrogen) atoms. The van der Waals surface area contributed by atoms with Crippen molar-refractivity contribution in [2.24, 2.45) is 0 Å². The Morgan fingerprint density at radius 1 is 1.09 bits per heavy atom. The van der Waals surface area contributed by atoms with E-state index in [4.69, 9.17) is 9.47 Å². The third-order valence-electron chi connectivity index (χ3n) is 6.35. The number of amides is 1. The van der Waals surface area contributed by atoms with E-state index in [-0.39, 0.29) is 11.9 Å². The van der Waals surface area contributed by atoms with Gasteiger partial charge in [-0.25, -0.2) is 0 Å². The van der Waals surface area contributed by atoms with Crippen molar-refractivity contribution in [2.75, 3.05) is 39.4 Å². The molecule has 2 aliphatic rings. The van der Waals surface area contributed by atoms with Crippen LogP contribution in [-0.2, 0) is 11.3 Å². The summed E-state index contributed by atoms with van der Waals surface area (Å²) in [6.07, 6.45) is 2.75. The molecule has 0 spiro atoms. The van der Waals surface area contributed by atoms with Crippen LogP contribution >= 0.6 is 0 Å². The fourth-order valence-electron chi connectivity index (χ4n) is 4.72. The first-order valence-corrected chi connectivity index (χ1v) is 11.9. The van der Waals surface area contributed by atoms with E-state index < -0.39 is 0 Å².